The van der Waals surface area contributed by atoms with Gasteiger partial charge in [-0.3, -0.25) is 14.4 Å². The lowest BCUT2D eigenvalue weighted by atomic mass is 10.0. The van der Waals surface area contributed by atoms with Crippen LogP contribution in [0, 0.1) is 0 Å². The molecule has 1 atom stereocenters. The van der Waals surface area contributed by atoms with Crippen LogP contribution in [0.5, 0.6) is 0 Å². The van der Waals surface area contributed by atoms with Crippen LogP contribution in [0.2, 0.25) is 0 Å². The third-order valence-electron chi connectivity index (χ3n) is 15.5. The Bertz CT molecular complexity index is 1210. The molecule has 1 unspecified atom stereocenters. The predicted octanol–water partition coefficient (Wildman–Crippen LogP) is 23.0. The molecule has 75 heavy (non-hydrogen) atoms. The van der Waals surface area contributed by atoms with Gasteiger partial charge < -0.3 is 14.2 Å². The fraction of sp³-hybridized carbons (Fsp3) is 0.899. The lowest BCUT2D eigenvalue weighted by Gasteiger charge is -2.18. The quantitative estimate of drug-likeness (QED) is 0.0261. The molecule has 0 aromatic carbocycles. The number of esters is 3. The number of carbonyl (C=O) groups excluding carboxylic acids is 3. The van der Waals surface area contributed by atoms with Crippen molar-refractivity contribution in [3.63, 3.8) is 0 Å². The van der Waals surface area contributed by atoms with E-state index in [1.807, 2.05) is 0 Å². The van der Waals surface area contributed by atoms with Gasteiger partial charge in [0.25, 0.3) is 0 Å². The summed E-state index contributed by atoms with van der Waals surface area (Å²) in [4.78, 5) is 38.4. The molecule has 0 saturated carbocycles. The average Bonchev–Trinajstić information content (AvgIpc) is 3.41. The standard InChI is InChI=1S/C69H130O6/c1-4-7-10-13-16-19-22-25-28-31-33-34-36-38-41-44-47-50-53-56-59-62-68(71)74-65-66(64-73-67(70)61-58-55-52-49-46-43-40-37-30-27-24-21-18-15-12-9-6-3)75-69(72)63-60-57-54-51-48-45-42-39-35-32-29-26-23-20-17-14-11-8-5-2/h18,21,27,30,66H,4-17,19-20,22-26,28-29,31-65H2,1-3H3/b21-18-,30-27-. The molecule has 442 valence electrons. The fourth-order valence-corrected chi connectivity index (χ4v) is 10.4. The number of ether oxygens (including phenoxy) is 3. The summed E-state index contributed by atoms with van der Waals surface area (Å²) < 4.78 is 17.0. The van der Waals surface area contributed by atoms with Crippen LogP contribution in [0.1, 0.15) is 380 Å². The Morgan fingerprint density at radius 1 is 0.267 bits per heavy atom. The van der Waals surface area contributed by atoms with Gasteiger partial charge in [0.1, 0.15) is 13.2 Å². The minimum atomic E-state index is -0.771. The van der Waals surface area contributed by atoms with Gasteiger partial charge in [-0.15, -0.1) is 0 Å². The van der Waals surface area contributed by atoms with Crippen LogP contribution in [0.4, 0.5) is 0 Å². The van der Waals surface area contributed by atoms with Crippen LogP contribution in [0.15, 0.2) is 24.3 Å². The molecule has 0 aliphatic carbocycles. The number of allylic oxidation sites excluding steroid dienone is 4. The Morgan fingerprint density at radius 3 is 0.760 bits per heavy atom. The van der Waals surface area contributed by atoms with Crippen LogP contribution >= 0.6 is 0 Å². The lowest BCUT2D eigenvalue weighted by molar-refractivity contribution is -0.167. The summed E-state index contributed by atoms with van der Waals surface area (Å²) in [5.41, 5.74) is 0. The SMILES string of the molecule is CCCCC/C=C\C/C=C\CCCCCCCCCC(=O)OCC(COC(=O)CCCCCCCCCCCCCCCCCCCCCCC)OC(=O)CCCCCCCCCCCCCCCCCCCCC. The highest BCUT2D eigenvalue weighted by Crippen LogP contribution is 2.18. The molecule has 0 saturated heterocycles. The molecule has 0 amide bonds. The molecule has 0 aliphatic heterocycles. The molecular formula is C69H130O6. The lowest BCUT2D eigenvalue weighted by Crippen LogP contribution is -2.30. The smallest absolute Gasteiger partial charge is 0.306 e. The van der Waals surface area contributed by atoms with E-state index >= 15 is 0 Å². The third-order valence-corrected chi connectivity index (χ3v) is 15.5. The molecule has 0 spiro atoms. The molecule has 0 heterocycles. The first kappa shape index (κ1) is 72.9. The summed E-state index contributed by atoms with van der Waals surface area (Å²) in [5.74, 6) is -0.843. The maximum atomic E-state index is 12.9. The van der Waals surface area contributed by atoms with Crippen LogP contribution in [0.25, 0.3) is 0 Å². The molecule has 0 aliphatic rings. The van der Waals surface area contributed by atoms with Crippen molar-refractivity contribution in [2.75, 3.05) is 13.2 Å². The van der Waals surface area contributed by atoms with E-state index in [0.717, 1.165) is 70.6 Å². The zero-order valence-corrected chi connectivity index (χ0v) is 50.8. The first-order valence-corrected chi connectivity index (χ1v) is 33.8. The second-order valence-electron chi connectivity index (χ2n) is 23.1. The van der Waals surface area contributed by atoms with Gasteiger partial charge in [-0.2, -0.15) is 0 Å². The van der Waals surface area contributed by atoms with E-state index in [0.29, 0.717) is 19.3 Å². The summed E-state index contributed by atoms with van der Waals surface area (Å²) >= 11 is 0. The van der Waals surface area contributed by atoms with Crippen molar-refractivity contribution >= 4 is 17.9 Å². The third kappa shape index (κ3) is 62.6. The minimum absolute atomic E-state index is 0.0672. The summed E-state index contributed by atoms with van der Waals surface area (Å²) in [6, 6.07) is 0. The molecule has 0 fully saturated rings. The predicted molar refractivity (Wildman–Crippen MR) is 326 cm³/mol. The topological polar surface area (TPSA) is 78.9 Å². The van der Waals surface area contributed by atoms with E-state index in [1.165, 1.54) is 270 Å². The van der Waals surface area contributed by atoms with Crippen molar-refractivity contribution in [1.29, 1.82) is 0 Å². The molecule has 0 aromatic heterocycles. The monoisotopic (exact) mass is 1050 g/mol. The first-order valence-electron chi connectivity index (χ1n) is 33.8. The van der Waals surface area contributed by atoms with Gasteiger partial charge in [-0.25, -0.2) is 0 Å². The highest BCUT2D eigenvalue weighted by Gasteiger charge is 2.19. The molecule has 0 radical (unpaired) electrons. The molecule has 6 heteroatoms. The molecule has 6 nitrogen and oxygen atoms in total. The van der Waals surface area contributed by atoms with E-state index in [-0.39, 0.29) is 31.1 Å². The van der Waals surface area contributed by atoms with Gasteiger partial charge in [0, 0.05) is 19.3 Å². The zero-order valence-electron chi connectivity index (χ0n) is 50.8. The number of hydrogen-bond donors (Lipinski definition) is 0. The van der Waals surface area contributed by atoms with Gasteiger partial charge in [-0.05, 0) is 51.4 Å². The van der Waals surface area contributed by atoms with Gasteiger partial charge >= 0.3 is 17.9 Å². The van der Waals surface area contributed by atoms with Crippen molar-refractivity contribution in [3.05, 3.63) is 24.3 Å². The number of unbranched alkanes of at least 4 members (excludes halogenated alkanes) is 48. The van der Waals surface area contributed by atoms with Crippen molar-refractivity contribution in [2.45, 2.75) is 386 Å². The molecule has 0 aromatic rings. The Balaban J connectivity index is 4.30. The molecular weight excluding hydrogens is 925 g/mol. The van der Waals surface area contributed by atoms with E-state index in [1.54, 1.807) is 0 Å². The van der Waals surface area contributed by atoms with E-state index in [2.05, 4.69) is 45.1 Å². The highest BCUT2D eigenvalue weighted by atomic mass is 16.6. The fourth-order valence-electron chi connectivity index (χ4n) is 10.4. The summed E-state index contributed by atoms with van der Waals surface area (Å²) in [6.45, 7) is 6.69. The molecule has 0 N–H and O–H groups in total. The maximum Gasteiger partial charge on any atom is 0.306 e. The second-order valence-corrected chi connectivity index (χ2v) is 23.1. The Labute approximate surface area is 468 Å². The van der Waals surface area contributed by atoms with Crippen molar-refractivity contribution in [3.8, 4) is 0 Å². The van der Waals surface area contributed by atoms with E-state index in [4.69, 9.17) is 14.2 Å². The minimum Gasteiger partial charge on any atom is -0.462 e. The van der Waals surface area contributed by atoms with Crippen LogP contribution in [0.3, 0.4) is 0 Å². The Kier molecular flexibility index (Phi) is 62.6. The number of carbonyl (C=O) groups is 3. The highest BCUT2D eigenvalue weighted by molar-refractivity contribution is 5.71. The van der Waals surface area contributed by atoms with Crippen molar-refractivity contribution < 1.29 is 28.6 Å². The number of rotatable bonds is 63. The molecule has 0 bridgehead atoms. The summed E-state index contributed by atoms with van der Waals surface area (Å²) in [5, 5.41) is 0. The second kappa shape index (κ2) is 64.4. The average molecular weight is 1060 g/mol. The van der Waals surface area contributed by atoms with Crippen molar-refractivity contribution in [2.24, 2.45) is 0 Å². The summed E-state index contributed by atoms with van der Waals surface area (Å²) in [7, 11) is 0. The van der Waals surface area contributed by atoms with Gasteiger partial charge in [-0.1, -0.05) is 334 Å². The maximum absolute atomic E-state index is 12.9. The van der Waals surface area contributed by atoms with E-state index < -0.39 is 6.10 Å². The van der Waals surface area contributed by atoms with Gasteiger partial charge in [0.05, 0.1) is 0 Å². The Hall–Kier alpha value is -2.11. The van der Waals surface area contributed by atoms with Crippen LogP contribution in [-0.4, -0.2) is 37.2 Å². The number of hydrogen-bond acceptors (Lipinski definition) is 6. The summed E-state index contributed by atoms with van der Waals surface area (Å²) in [6.07, 6.45) is 77.6. The van der Waals surface area contributed by atoms with Gasteiger partial charge in [0.2, 0.25) is 0 Å². The first-order chi connectivity index (χ1) is 37.0. The zero-order chi connectivity index (χ0) is 54.3. The normalized spacial score (nSPS) is 12.1. The van der Waals surface area contributed by atoms with Gasteiger partial charge in [0.15, 0.2) is 6.10 Å². The molecule has 0 rings (SSSR count). The van der Waals surface area contributed by atoms with Crippen LogP contribution in [-0.2, 0) is 28.6 Å². The van der Waals surface area contributed by atoms with E-state index in [9.17, 15) is 14.4 Å². The largest absolute Gasteiger partial charge is 0.462 e. The van der Waals surface area contributed by atoms with Crippen LogP contribution < -0.4 is 0 Å². The van der Waals surface area contributed by atoms with Crippen molar-refractivity contribution in [1.82, 2.24) is 0 Å². The Morgan fingerprint density at radius 2 is 0.480 bits per heavy atom.